The SMILES string of the molecule is CC(C)NC(=O)c1cc(F)ccc1F. The number of nitrogens with one attached hydrogen (secondary N) is 1. The lowest BCUT2D eigenvalue weighted by Gasteiger charge is -2.08. The summed E-state index contributed by atoms with van der Waals surface area (Å²) in [6.07, 6.45) is 0. The zero-order chi connectivity index (χ0) is 10.7. The van der Waals surface area contributed by atoms with Crippen molar-refractivity contribution in [1.82, 2.24) is 5.32 Å². The van der Waals surface area contributed by atoms with Crippen molar-refractivity contribution in [2.24, 2.45) is 0 Å². The van der Waals surface area contributed by atoms with Gasteiger partial charge in [0.2, 0.25) is 0 Å². The van der Waals surface area contributed by atoms with Crippen molar-refractivity contribution in [3.8, 4) is 0 Å². The number of halogens is 2. The first-order valence-electron chi connectivity index (χ1n) is 4.26. The number of rotatable bonds is 2. The highest BCUT2D eigenvalue weighted by molar-refractivity contribution is 5.94. The van der Waals surface area contributed by atoms with Crippen LogP contribution in [0.1, 0.15) is 24.2 Å². The molecule has 1 amide bonds. The average molecular weight is 199 g/mol. The molecule has 0 aromatic heterocycles. The van der Waals surface area contributed by atoms with E-state index < -0.39 is 17.5 Å². The minimum Gasteiger partial charge on any atom is -0.350 e. The Balaban J connectivity index is 2.94. The molecule has 0 spiro atoms. The molecule has 76 valence electrons. The van der Waals surface area contributed by atoms with Crippen molar-refractivity contribution in [1.29, 1.82) is 0 Å². The molecule has 0 fully saturated rings. The van der Waals surface area contributed by atoms with E-state index in [1.807, 2.05) is 0 Å². The van der Waals surface area contributed by atoms with Crippen LogP contribution < -0.4 is 5.32 Å². The van der Waals surface area contributed by atoms with Gasteiger partial charge in [0.05, 0.1) is 5.56 Å². The van der Waals surface area contributed by atoms with Gasteiger partial charge in [0.15, 0.2) is 0 Å². The Labute approximate surface area is 80.9 Å². The van der Waals surface area contributed by atoms with E-state index in [4.69, 9.17) is 0 Å². The molecule has 0 heterocycles. The number of hydrogen-bond acceptors (Lipinski definition) is 1. The fraction of sp³-hybridized carbons (Fsp3) is 0.300. The van der Waals surface area contributed by atoms with Gasteiger partial charge in [0.25, 0.3) is 5.91 Å². The zero-order valence-corrected chi connectivity index (χ0v) is 7.97. The molecule has 0 unspecified atom stereocenters. The molecule has 4 heteroatoms. The topological polar surface area (TPSA) is 29.1 Å². The summed E-state index contributed by atoms with van der Waals surface area (Å²) in [4.78, 5) is 11.3. The van der Waals surface area contributed by atoms with Crippen molar-refractivity contribution in [2.75, 3.05) is 0 Å². The number of hydrogen-bond donors (Lipinski definition) is 1. The van der Waals surface area contributed by atoms with Crippen LogP contribution in [0.25, 0.3) is 0 Å². The van der Waals surface area contributed by atoms with Gasteiger partial charge in [-0.15, -0.1) is 0 Å². The minimum atomic E-state index is -0.718. The molecule has 0 atom stereocenters. The molecule has 0 aliphatic carbocycles. The first-order chi connectivity index (χ1) is 6.50. The second kappa shape index (κ2) is 4.17. The van der Waals surface area contributed by atoms with Crippen molar-refractivity contribution in [2.45, 2.75) is 19.9 Å². The van der Waals surface area contributed by atoms with Crippen LogP contribution in [-0.4, -0.2) is 11.9 Å². The number of benzene rings is 1. The summed E-state index contributed by atoms with van der Waals surface area (Å²) in [5.41, 5.74) is -0.265. The van der Waals surface area contributed by atoms with Gasteiger partial charge >= 0.3 is 0 Å². The van der Waals surface area contributed by atoms with E-state index in [2.05, 4.69) is 5.32 Å². The van der Waals surface area contributed by atoms with Gasteiger partial charge in [-0.05, 0) is 32.0 Å². The first-order valence-corrected chi connectivity index (χ1v) is 4.26. The summed E-state index contributed by atoms with van der Waals surface area (Å²) in [7, 11) is 0. The summed E-state index contributed by atoms with van der Waals surface area (Å²) in [5, 5.41) is 2.48. The highest BCUT2D eigenvalue weighted by Crippen LogP contribution is 2.09. The third-order valence-corrected chi connectivity index (χ3v) is 1.59. The van der Waals surface area contributed by atoms with Gasteiger partial charge in [-0.2, -0.15) is 0 Å². The van der Waals surface area contributed by atoms with Crippen molar-refractivity contribution >= 4 is 5.91 Å². The number of carbonyl (C=O) groups is 1. The zero-order valence-electron chi connectivity index (χ0n) is 7.97. The predicted molar refractivity (Wildman–Crippen MR) is 49.0 cm³/mol. The summed E-state index contributed by atoms with van der Waals surface area (Å²) in [6, 6.07) is 2.68. The molecule has 0 radical (unpaired) electrons. The molecule has 0 aliphatic rings. The second-order valence-corrected chi connectivity index (χ2v) is 3.25. The van der Waals surface area contributed by atoms with Crippen molar-refractivity contribution < 1.29 is 13.6 Å². The molecule has 2 nitrogen and oxygen atoms in total. The Bertz CT molecular complexity index is 350. The largest absolute Gasteiger partial charge is 0.350 e. The Morgan fingerprint density at radius 1 is 1.36 bits per heavy atom. The van der Waals surface area contributed by atoms with Gasteiger partial charge in [0.1, 0.15) is 11.6 Å². The van der Waals surface area contributed by atoms with E-state index in [1.165, 1.54) is 0 Å². The maximum atomic E-state index is 13.0. The molecule has 0 saturated carbocycles. The third-order valence-electron chi connectivity index (χ3n) is 1.59. The number of carbonyl (C=O) groups excluding carboxylic acids is 1. The van der Waals surface area contributed by atoms with Crippen LogP contribution in [0.2, 0.25) is 0 Å². The fourth-order valence-electron chi connectivity index (χ4n) is 1.01. The molecule has 1 N–H and O–H groups in total. The lowest BCUT2D eigenvalue weighted by Crippen LogP contribution is -2.30. The van der Waals surface area contributed by atoms with Gasteiger partial charge in [0, 0.05) is 6.04 Å². The highest BCUT2D eigenvalue weighted by atomic mass is 19.1. The third kappa shape index (κ3) is 2.52. The second-order valence-electron chi connectivity index (χ2n) is 3.25. The van der Waals surface area contributed by atoms with E-state index in [0.717, 1.165) is 18.2 Å². The van der Waals surface area contributed by atoms with E-state index >= 15 is 0 Å². The smallest absolute Gasteiger partial charge is 0.254 e. The maximum absolute atomic E-state index is 13.0. The summed E-state index contributed by atoms with van der Waals surface area (Å²) in [6.45, 7) is 3.49. The van der Waals surface area contributed by atoms with Crippen molar-refractivity contribution in [3.05, 3.63) is 35.4 Å². The summed E-state index contributed by atoms with van der Waals surface area (Å²) < 4.78 is 25.7. The van der Waals surface area contributed by atoms with Crippen LogP contribution in [-0.2, 0) is 0 Å². The van der Waals surface area contributed by atoms with Crippen LogP contribution in [0.4, 0.5) is 8.78 Å². The molecule has 0 saturated heterocycles. The molecular weight excluding hydrogens is 188 g/mol. The Morgan fingerprint density at radius 3 is 2.57 bits per heavy atom. The van der Waals surface area contributed by atoms with E-state index in [1.54, 1.807) is 13.8 Å². The molecule has 1 aromatic carbocycles. The summed E-state index contributed by atoms with van der Waals surface area (Å²) >= 11 is 0. The van der Waals surface area contributed by atoms with Crippen LogP contribution in [0, 0.1) is 11.6 Å². The molecule has 1 aromatic rings. The first kappa shape index (κ1) is 10.6. The monoisotopic (exact) mass is 199 g/mol. The normalized spacial score (nSPS) is 10.4. The number of amides is 1. The van der Waals surface area contributed by atoms with Crippen LogP contribution in [0.15, 0.2) is 18.2 Å². The van der Waals surface area contributed by atoms with E-state index in [9.17, 15) is 13.6 Å². The van der Waals surface area contributed by atoms with Crippen LogP contribution in [0.3, 0.4) is 0 Å². The molecule has 0 bridgehead atoms. The fourth-order valence-corrected chi connectivity index (χ4v) is 1.01. The molecule has 14 heavy (non-hydrogen) atoms. The van der Waals surface area contributed by atoms with Gasteiger partial charge in [-0.1, -0.05) is 0 Å². The molecule has 0 aliphatic heterocycles. The van der Waals surface area contributed by atoms with Crippen LogP contribution >= 0.6 is 0 Å². The standard InChI is InChI=1S/C10H11F2NO/c1-6(2)13-10(14)8-5-7(11)3-4-9(8)12/h3-6H,1-2H3,(H,13,14). The van der Waals surface area contributed by atoms with Gasteiger partial charge < -0.3 is 5.32 Å². The van der Waals surface area contributed by atoms with Crippen LogP contribution in [0.5, 0.6) is 0 Å². The summed E-state index contributed by atoms with van der Waals surface area (Å²) in [5.74, 6) is -1.94. The lowest BCUT2D eigenvalue weighted by atomic mass is 10.2. The van der Waals surface area contributed by atoms with E-state index in [0.29, 0.717) is 0 Å². The lowest BCUT2D eigenvalue weighted by molar-refractivity contribution is 0.0938. The predicted octanol–water partition coefficient (Wildman–Crippen LogP) is 2.10. The van der Waals surface area contributed by atoms with Crippen molar-refractivity contribution in [3.63, 3.8) is 0 Å². The van der Waals surface area contributed by atoms with E-state index in [-0.39, 0.29) is 11.6 Å². The Kier molecular flexibility index (Phi) is 3.17. The maximum Gasteiger partial charge on any atom is 0.254 e. The van der Waals surface area contributed by atoms with Gasteiger partial charge in [-0.3, -0.25) is 4.79 Å². The highest BCUT2D eigenvalue weighted by Gasteiger charge is 2.12. The minimum absolute atomic E-state index is 0.106. The Hall–Kier alpha value is -1.45. The Morgan fingerprint density at radius 2 is 2.00 bits per heavy atom. The average Bonchev–Trinajstić information content (AvgIpc) is 2.08. The van der Waals surface area contributed by atoms with Gasteiger partial charge in [-0.25, -0.2) is 8.78 Å². The molecule has 1 rings (SSSR count). The quantitative estimate of drug-likeness (QED) is 0.776. The molecular formula is C10H11F2NO.